The van der Waals surface area contributed by atoms with E-state index in [4.69, 9.17) is 11.6 Å². The van der Waals surface area contributed by atoms with E-state index in [1.165, 1.54) is 22.6 Å². The lowest BCUT2D eigenvalue weighted by molar-refractivity contribution is -0.124. The summed E-state index contributed by atoms with van der Waals surface area (Å²) in [5, 5.41) is 3.96. The number of rotatable bonds is 5. The molecule has 2 fully saturated rings. The molecule has 2 aromatic carbocycles. The molecule has 4 rings (SSSR count). The molecule has 1 saturated carbocycles. The Labute approximate surface area is 176 Å². The number of carbonyl (C=O) groups excluding carboxylic acids is 1. The summed E-state index contributed by atoms with van der Waals surface area (Å²) in [5.74, 6) is 2.52. The highest BCUT2D eigenvalue weighted by Crippen LogP contribution is 2.45. The Morgan fingerprint density at radius 2 is 1.86 bits per heavy atom. The van der Waals surface area contributed by atoms with Crippen LogP contribution < -0.4 is 5.32 Å². The summed E-state index contributed by atoms with van der Waals surface area (Å²) in [6.07, 6.45) is 2.87. The van der Waals surface area contributed by atoms with Gasteiger partial charge in [0.1, 0.15) is 0 Å². The van der Waals surface area contributed by atoms with Gasteiger partial charge in [0, 0.05) is 41.8 Å². The van der Waals surface area contributed by atoms with Gasteiger partial charge in [0.25, 0.3) is 0 Å². The molecule has 2 aliphatic rings. The molecular weight excluding hydrogens is 388 g/mol. The Hall–Kier alpha value is -1.49. The zero-order chi connectivity index (χ0) is 19.6. The maximum Gasteiger partial charge on any atom is 0.235 e. The number of nitrogens with one attached hydrogen (secondary N) is 1. The highest BCUT2D eigenvalue weighted by Gasteiger charge is 2.45. The molecule has 148 valence electrons. The molecule has 0 bridgehead atoms. The fourth-order valence-corrected chi connectivity index (χ4v) is 5.28. The molecular formula is C23H27ClN2OS. The fourth-order valence-electron chi connectivity index (χ4n) is 4.18. The standard InChI is InChI=1S/C23H27ClN2OS/c1-17-18(16-26-12-14-28-15-13-26)4-2-5-21(17)25-22(27)23(10-3-11-23)19-6-8-20(24)9-7-19/h2,4-9H,3,10-16H2,1H3,(H,25,27). The lowest BCUT2D eigenvalue weighted by Crippen LogP contribution is -2.46. The zero-order valence-corrected chi connectivity index (χ0v) is 17.9. The van der Waals surface area contributed by atoms with Crippen LogP contribution in [0, 0.1) is 6.92 Å². The molecule has 0 atom stereocenters. The second kappa shape index (κ2) is 8.48. The van der Waals surface area contributed by atoms with Crippen molar-refractivity contribution in [3.63, 3.8) is 0 Å². The third-order valence-electron chi connectivity index (χ3n) is 6.23. The van der Waals surface area contributed by atoms with E-state index < -0.39 is 5.41 Å². The lowest BCUT2D eigenvalue weighted by atomic mass is 9.63. The monoisotopic (exact) mass is 414 g/mol. The third-order valence-corrected chi connectivity index (χ3v) is 7.42. The second-order valence-corrected chi connectivity index (χ2v) is 9.54. The molecule has 0 radical (unpaired) electrons. The second-order valence-electron chi connectivity index (χ2n) is 7.87. The minimum atomic E-state index is -0.420. The predicted molar refractivity (Wildman–Crippen MR) is 119 cm³/mol. The van der Waals surface area contributed by atoms with Crippen LogP contribution in [0.3, 0.4) is 0 Å². The molecule has 2 aromatic rings. The number of carbonyl (C=O) groups is 1. The Bertz CT molecular complexity index is 842. The minimum Gasteiger partial charge on any atom is -0.325 e. The molecule has 1 aliphatic carbocycles. The summed E-state index contributed by atoms with van der Waals surface area (Å²) in [5.41, 5.74) is 4.07. The van der Waals surface area contributed by atoms with Crippen molar-refractivity contribution in [3.8, 4) is 0 Å². The summed E-state index contributed by atoms with van der Waals surface area (Å²) in [7, 11) is 0. The van der Waals surface area contributed by atoms with Crippen LogP contribution in [-0.2, 0) is 16.8 Å². The average Bonchev–Trinajstić information content (AvgIpc) is 2.66. The first-order valence-electron chi connectivity index (χ1n) is 10.0. The Morgan fingerprint density at radius 1 is 1.14 bits per heavy atom. The summed E-state index contributed by atoms with van der Waals surface area (Å²) in [6.45, 7) is 5.36. The van der Waals surface area contributed by atoms with Crippen molar-refractivity contribution in [1.82, 2.24) is 4.90 Å². The van der Waals surface area contributed by atoms with E-state index in [0.29, 0.717) is 5.02 Å². The van der Waals surface area contributed by atoms with Gasteiger partial charge in [0.2, 0.25) is 5.91 Å². The van der Waals surface area contributed by atoms with Crippen molar-refractivity contribution in [1.29, 1.82) is 0 Å². The topological polar surface area (TPSA) is 32.3 Å². The summed E-state index contributed by atoms with van der Waals surface area (Å²) in [4.78, 5) is 15.8. The maximum atomic E-state index is 13.3. The summed E-state index contributed by atoms with van der Waals surface area (Å²) >= 11 is 8.07. The van der Waals surface area contributed by atoms with E-state index in [0.717, 1.165) is 50.1 Å². The summed E-state index contributed by atoms with van der Waals surface area (Å²) in [6, 6.07) is 14.0. The van der Waals surface area contributed by atoms with Gasteiger partial charge >= 0.3 is 0 Å². The third kappa shape index (κ3) is 3.96. The van der Waals surface area contributed by atoms with E-state index in [2.05, 4.69) is 29.3 Å². The number of thioether (sulfide) groups is 1. The van der Waals surface area contributed by atoms with Crippen LogP contribution in [0.15, 0.2) is 42.5 Å². The van der Waals surface area contributed by atoms with Gasteiger partial charge in [-0.3, -0.25) is 9.69 Å². The van der Waals surface area contributed by atoms with Gasteiger partial charge in [-0.2, -0.15) is 11.8 Å². The van der Waals surface area contributed by atoms with Crippen LogP contribution >= 0.6 is 23.4 Å². The van der Waals surface area contributed by atoms with Gasteiger partial charge in [-0.15, -0.1) is 0 Å². The first kappa shape index (κ1) is 19.8. The molecule has 0 unspecified atom stereocenters. The molecule has 1 saturated heterocycles. The van der Waals surface area contributed by atoms with Crippen LogP contribution in [0.2, 0.25) is 5.02 Å². The highest BCUT2D eigenvalue weighted by atomic mass is 35.5. The van der Waals surface area contributed by atoms with Gasteiger partial charge in [-0.1, -0.05) is 42.3 Å². The van der Waals surface area contributed by atoms with Gasteiger partial charge < -0.3 is 5.32 Å². The number of halogens is 1. The summed E-state index contributed by atoms with van der Waals surface area (Å²) < 4.78 is 0. The molecule has 1 aliphatic heterocycles. The van der Waals surface area contributed by atoms with Crippen molar-refractivity contribution >= 4 is 35.0 Å². The quantitative estimate of drug-likeness (QED) is 0.724. The van der Waals surface area contributed by atoms with Crippen LogP contribution in [0.25, 0.3) is 0 Å². The smallest absolute Gasteiger partial charge is 0.235 e. The molecule has 5 heteroatoms. The van der Waals surface area contributed by atoms with Gasteiger partial charge in [0.05, 0.1) is 5.41 Å². The molecule has 3 nitrogen and oxygen atoms in total. The number of hydrogen-bond donors (Lipinski definition) is 1. The maximum absolute atomic E-state index is 13.3. The van der Waals surface area contributed by atoms with E-state index >= 15 is 0 Å². The number of amides is 1. The van der Waals surface area contributed by atoms with Gasteiger partial charge in [-0.05, 0) is 54.7 Å². The van der Waals surface area contributed by atoms with Crippen molar-refractivity contribution in [2.45, 2.75) is 38.1 Å². The highest BCUT2D eigenvalue weighted by molar-refractivity contribution is 7.99. The Kier molecular flexibility index (Phi) is 6.00. The number of hydrogen-bond acceptors (Lipinski definition) is 3. The number of nitrogens with zero attached hydrogens (tertiary/aromatic N) is 1. The lowest BCUT2D eigenvalue weighted by Gasteiger charge is -2.41. The normalized spacial score (nSPS) is 19.1. The van der Waals surface area contributed by atoms with Gasteiger partial charge in [0.15, 0.2) is 0 Å². The van der Waals surface area contributed by atoms with Crippen LogP contribution in [-0.4, -0.2) is 35.4 Å². The minimum absolute atomic E-state index is 0.107. The number of anilines is 1. The first-order valence-corrected chi connectivity index (χ1v) is 11.6. The molecule has 1 N–H and O–H groups in total. The van der Waals surface area contributed by atoms with Crippen molar-refractivity contribution in [2.75, 3.05) is 29.9 Å². The molecule has 28 heavy (non-hydrogen) atoms. The molecule has 1 heterocycles. The van der Waals surface area contributed by atoms with Gasteiger partial charge in [-0.25, -0.2) is 0 Å². The van der Waals surface area contributed by atoms with Crippen LogP contribution in [0.1, 0.15) is 36.0 Å². The van der Waals surface area contributed by atoms with Crippen LogP contribution in [0.5, 0.6) is 0 Å². The molecule has 0 aromatic heterocycles. The zero-order valence-electron chi connectivity index (χ0n) is 16.3. The largest absolute Gasteiger partial charge is 0.325 e. The van der Waals surface area contributed by atoms with E-state index in [-0.39, 0.29) is 5.91 Å². The van der Waals surface area contributed by atoms with Crippen molar-refractivity contribution in [3.05, 3.63) is 64.2 Å². The SMILES string of the molecule is Cc1c(CN2CCSCC2)cccc1NC(=O)C1(c2ccc(Cl)cc2)CCC1. The first-order chi connectivity index (χ1) is 13.6. The van der Waals surface area contributed by atoms with Crippen molar-refractivity contribution < 1.29 is 4.79 Å². The van der Waals surface area contributed by atoms with E-state index in [1.807, 2.05) is 42.1 Å². The molecule has 0 spiro atoms. The Balaban J connectivity index is 1.52. The molecule has 1 amide bonds. The number of benzene rings is 2. The average molecular weight is 415 g/mol. The predicted octanol–water partition coefficient (Wildman–Crippen LogP) is 5.26. The van der Waals surface area contributed by atoms with E-state index in [9.17, 15) is 4.79 Å². The van der Waals surface area contributed by atoms with Crippen molar-refractivity contribution in [2.24, 2.45) is 0 Å². The Morgan fingerprint density at radius 3 is 2.50 bits per heavy atom. The fraction of sp³-hybridized carbons (Fsp3) is 0.435. The van der Waals surface area contributed by atoms with E-state index in [1.54, 1.807) is 0 Å². The van der Waals surface area contributed by atoms with Crippen LogP contribution in [0.4, 0.5) is 5.69 Å².